The van der Waals surface area contributed by atoms with Crippen molar-refractivity contribution in [1.29, 1.82) is 0 Å². The normalized spacial score (nSPS) is 18.4. The number of amides is 2. The lowest BCUT2D eigenvalue weighted by molar-refractivity contribution is -0.142. The van der Waals surface area contributed by atoms with Crippen LogP contribution in [0.25, 0.3) is 0 Å². The number of hydrogen-bond acceptors (Lipinski definition) is 3. The summed E-state index contributed by atoms with van der Waals surface area (Å²) in [4.78, 5) is 28.5. The van der Waals surface area contributed by atoms with Gasteiger partial charge in [-0.25, -0.2) is 4.39 Å². The lowest BCUT2D eigenvalue weighted by Crippen LogP contribution is -2.51. The van der Waals surface area contributed by atoms with Gasteiger partial charge in [-0.3, -0.25) is 9.59 Å². The smallest absolute Gasteiger partial charge is 0.233 e. The van der Waals surface area contributed by atoms with Crippen LogP contribution in [-0.2, 0) is 21.5 Å². The van der Waals surface area contributed by atoms with Crippen LogP contribution in [0.1, 0.15) is 61.6 Å². The lowest BCUT2D eigenvalue weighted by Gasteiger charge is -2.42. The molecular formula is C28H35FN2O3. The fourth-order valence-electron chi connectivity index (χ4n) is 5.42. The molecule has 1 N–H and O–H groups in total. The van der Waals surface area contributed by atoms with Crippen LogP contribution in [0, 0.1) is 18.7 Å². The summed E-state index contributed by atoms with van der Waals surface area (Å²) in [6.45, 7) is 3.22. The Morgan fingerprint density at radius 3 is 2.35 bits per heavy atom. The number of carbonyl (C=O) groups is 2. The first-order valence-corrected chi connectivity index (χ1v) is 12.4. The number of nitrogens with zero attached hydrogens (tertiary/aromatic N) is 1. The minimum Gasteiger partial charge on any atom is -0.497 e. The molecule has 2 aromatic carbocycles. The van der Waals surface area contributed by atoms with Gasteiger partial charge in [0.15, 0.2) is 0 Å². The van der Waals surface area contributed by atoms with E-state index in [4.69, 9.17) is 4.74 Å². The lowest BCUT2D eigenvalue weighted by atomic mass is 9.68. The molecule has 0 spiro atoms. The first-order chi connectivity index (χ1) is 16.4. The Morgan fingerprint density at radius 1 is 1.06 bits per heavy atom. The highest BCUT2D eigenvalue weighted by Crippen LogP contribution is 2.42. The average molecular weight is 467 g/mol. The summed E-state index contributed by atoms with van der Waals surface area (Å²) in [7, 11) is 1.65. The number of halogens is 1. The molecule has 2 amide bonds. The number of ether oxygens (including phenoxy) is 1. The van der Waals surface area contributed by atoms with Gasteiger partial charge in [-0.2, -0.15) is 0 Å². The number of hydrogen-bond donors (Lipinski definition) is 1. The summed E-state index contributed by atoms with van der Waals surface area (Å²) in [5.74, 6) is 0.596. The maximum atomic E-state index is 13.8. The van der Waals surface area contributed by atoms with Gasteiger partial charge in [-0.1, -0.05) is 43.5 Å². The van der Waals surface area contributed by atoms with Gasteiger partial charge in [0.1, 0.15) is 11.6 Å². The van der Waals surface area contributed by atoms with Crippen molar-refractivity contribution in [3.05, 3.63) is 65.0 Å². The van der Waals surface area contributed by atoms with E-state index in [1.54, 1.807) is 20.1 Å². The van der Waals surface area contributed by atoms with Crippen molar-refractivity contribution in [1.82, 2.24) is 10.2 Å². The molecule has 1 saturated heterocycles. The molecule has 1 saturated carbocycles. The minimum atomic E-state index is -0.477. The van der Waals surface area contributed by atoms with Crippen molar-refractivity contribution in [2.75, 3.05) is 20.2 Å². The van der Waals surface area contributed by atoms with E-state index in [-0.39, 0.29) is 23.5 Å². The molecule has 0 radical (unpaired) electrons. The fraction of sp³-hybridized carbons (Fsp3) is 0.500. The predicted molar refractivity (Wildman–Crippen MR) is 130 cm³/mol. The molecule has 2 fully saturated rings. The monoisotopic (exact) mass is 466 g/mol. The third kappa shape index (κ3) is 5.11. The fourth-order valence-corrected chi connectivity index (χ4v) is 5.42. The summed E-state index contributed by atoms with van der Waals surface area (Å²) < 4.78 is 19.1. The molecule has 2 aromatic rings. The average Bonchev–Trinajstić information content (AvgIpc) is 2.89. The van der Waals surface area contributed by atoms with Gasteiger partial charge < -0.3 is 15.0 Å². The summed E-state index contributed by atoms with van der Waals surface area (Å²) in [5, 5.41) is 2.95. The van der Waals surface area contributed by atoms with E-state index in [0.29, 0.717) is 38.0 Å². The van der Waals surface area contributed by atoms with Gasteiger partial charge in [0.25, 0.3) is 0 Å². The van der Waals surface area contributed by atoms with Crippen molar-refractivity contribution in [3.63, 3.8) is 0 Å². The molecule has 1 heterocycles. The number of benzene rings is 2. The Hall–Kier alpha value is -2.89. The highest BCUT2D eigenvalue weighted by atomic mass is 19.1. The minimum absolute atomic E-state index is 0.0179. The Morgan fingerprint density at radius 2 is 1.74 bits per heavy atom. The number of methoxy groups -OCH3 is 1. The molecule has 0 aromatic heterocycles. The van der Waals surface area contributed by atoms with Crippen LogP contribution in [0.2, 0.25) is 0 Å². The SMILES string of the molecule is COc1ccc(C2(C(=O)N3CCC(C(=O)NCc4ccc(C)c(F)c4)CC3)CCCCC2)cc1. The zero-order chi connectivity index (χ0) is 24.1. The van der Waals surface area contributed by atoms with Crippen molar-refractivity contribution >= 4 is 11.8 Å². The van der Waals surface area contributed by atoms with E-state index in [2.05, 4.69) is 5.32 Å². The summed E-state index contributed by atoms with van der Waals surface area (Å²) in [5.41, 5.74) is 1.94. The molecule has 4 rings (SSSR count). The third-order valence-corrected chi connectivity index (χ3v) is 7.62. The second kappa shape index (κ2) is 10.6. The van der Waals surface area contributed by atoms with E-state index in [1.807, 2.05) is 35.2 Å². The molecule has 2 aliphatic rings. The van der Waals surface area contributed by atoms with E-state index < -0.39 is 5.41 Å². The first-order valence-electron chi connectivity index (χ1n) is 12.4. The topological polar surface area (TPSA) is 58.6 Å². The van der Waals surface area contributed by atoms with Gasteiger partial charge >= 0.3 is 0 Å². The number of rotatable bonds is 6. The Bertz CT molecular complexity index is 1010. The highest BCUT2D eigenvalue weighted by molar-refractivity contribution is 5.89. The first kappa shape index (κ1) is 24.2. The highest BCUT2D eigenvalue weighted by Gasteiger charge is 2.44. The molecule has 0 atom stereocenters. The quantitative estimate of drug-likeness (QED) is 0.659. The number of piperidine rings is 1. The van der Waals surface area contributed by atoms with Crippen molar-refractivity contribution in [2.45, 2.75) is 63.8 Å². The van der Waals surface area contributed by atoms with Gasteiger partial charge in [0.05, 0.1) is 12.5 Å². The van der Waals surface area contributed by atoms with E-state index in [1.165, 1.54) is 6.07 Å². The zero-order valence-corrected chi connectivity index (χ0v) is 20.2. The Kier molecular flexibility index (Phi) is 7.54. The molecule has 34 heavy (non-hydrogen) atoms. The Balaban J connectivity index is 1.37. The standard InChI is InChI=1S/C28H35FN2O3/c1-20-6-7-21(18-25(20)29)19-30-26(32)22-12-16-31(17-13-22)27(33)28(14-4-3-5-15-28)23-8-10-24(34-2)11-9-23/h6-11,18,22H,3-5,12-17,19H2,1-2H3,(H,30,32). The van der Waals surface area contributed by atoms with Crippen LogP contribution in [0.4, 0.5) is 4.39 Å². The van der Waals surface area contributed by atoms with Crippen LogP contribution in [-0.4, -0.2) is 36.9 Å². The van der Waals surface area contributed by atoms with Crippen molar-refractivity contribution in [3.8, 4) is 5.75 Å². The van der Waals surface area contributed by atoms with Crippen molar-refractivity contribution < 1.29 is 18.7 Å². The maximum absolute atomic E-state index is 13.8. The van der Waals surface area contributed by atoms with E-state index in [9.17, 15) is 14.0 Å². The zero-order valence-electron chi connectivity index (χ0n) is 20.2. The van der Waals surface area contributed by atoms with Crippen LogP contribution >= 0.6 is 0 Å². The van der Waals surface area contributed by atoms with Crippen LogP contribution < -0.4 is 10.1 Å². The Labute approximate surface area is 201 Å². The van der Waals surface area contributed by atoms with E-state index in [0.717, 1.165) is 49.0 Å². The molecular weight excluding hydrogens is 431 g/mol. The molecule has 6 heteroatoms. The number of aryl methyl sites for hydroxylation is 1. The summed E-state index contributed by atoms with van der Waals surface area (Å²) in [6.07, 6.45) is 6.30. The largest absolute Gasteiger partial charge is 0.497 e. The van der Waals surface area contributed by atoms with Crippen LogP contribution in [0.5, 0.6) is 5.75 Å². The van der Waals surface area contributed by atoms with Crippen LogP contribution in [0.3, 0.4) is 0 Å². The molecule has 182 valence electrons. The predicted octanol–water partition coefficient (Wildman–Crippen LogP) is 4.90. The molecule has 0 bridgehead atoms. The molecule has 0 unspecified atom stereocenters. The van der Waals surface area contributed by atoms with Gasteiger partial charge in [-0.15, -0.1) is 0 Å². The number of likely N-dealkylation sites (tertiary alicyclic amines) is 1. The molecule has 1 aliphatic heterocycles. The second-order valence-electron chi connectivity index (χ2n) is 9.74. The molecule has 5 nitrogen and oxygen atoms in total. The van der Waals surface area contributed by atoms with Gasteiger partial charge in [0.2, 0.25) is 11.8 Å². The van der Waals surface area contributed by atoms with Gasteiger partial charge in [0, 0.05) is 25.6 Å². The van der Waals surface area contributed by atoms with E-state index >= 15 is 0 Å². The van der Waals surface area contributed by atoms with Crippen molar-refractivity contribution in [2.24, 2.45) is 5.92 Å². The number of carbonyl (C=O) groups excluding carboxylic acids is 2. The molecule has 1 aliphatic carbocycles. The maximum Gasteiger partial charge on any atom is 0.233 e. The third-order valence-electron chi connectivity index (χ3n) is 7.62. The summed E-state index contributed by atoms with van der Waals surface area (Å²) >= 11 is 0. The van der Waals surface area contributed by atoms with Gasteiger partial charge in [-0.05, 0) is 67.5 Å². The summed E-state index contributed by atoms with van der Waals surface area (Å²) in [6, 6.07) is 13.0. The van der Waals surface area contributed by atoms with Crippen LogP contribution in [0.15, 0.2) is 42.5 Å². The second-order valence-corrected chi connectivity index (χ2v) is 9.74. The number of nitrogens with one attached hydrogen (secondary N) is 1.